The zero-order valence-corrected chi connectivity index (χ0v) is 13.8. The highest BCUT2D eigenvalue weighted by molar-refractivity contribution is 7.89. The van der Waals surface area contributed by atoms with Gasteiger partial charge in [0.15, 0.2) is 0 Å². The van der Waals surface area contributed by atoms with E-state index in [-0.39, 0.29) is 17.2 Å². The van der Waals surface area contributed by atoms with Crippen molar-refractivity contribution in [3.8, 4) is 5.75 Å². The van der Waals surface area contributed by atoms with Gasteiger partial charge in [0.05, 0.1) is 12.7 Å². The lowest BCUT2D eigenvalue weighted by Crippen LogP contribution is -2.40. The molecule has 0 saturated carbocycles. The van der Waals surface area contributed by atoms with Crippen molar-refractivity contribution in [1.29, 1.82) is 0 Å². The van der Waals surface area contributed by atoms with Crippen molar-refractivity contribution in [3.05, 3.63) is 23.8 Å². The molecule has 0 atom stereocenters. The molecule has 120 valence electrons. The van der Waals surface area contributed by atoms with Crippen LogP contribution >= 0.6 is 0 Å². The molecule has 1 aromatic rings. The number of hydrogen-bond acceptors (Lipinski definition) is 5. The monoisotopic (exact) mass is 316 g/mol. The summed E-state index contributed by atoms with van der Waals surface area (Å²) < 4.78 is 37.9. The lowest BCUT2D eigenvalue weighted by molar-refractivity contribution is -0.00515. The summed E-state index contributed by atoms with van der Waals surface area (Å²) in [5.74, 6) is 0.277. The molecule has 0 heterocycles. The van der Waals surface area contributed by atoms with Gasteiger partial charge < -0.3 is 15.2 Å². The number of nitrogens with one attached hydrogen (secondary N) is 1. The number of methoxy groups -OCH3 is 1. The van der Waals surface area contributed by atoms with E-state index < -0.39 is 15.6 Å². The summed E-state index contributed by atoms with van der Waals surface area (Å²) in [5, 5.41) is 0. The van der Waals surface area contributed by atoms with Crippen molar-refractivity contribution >= 4 is 10.0 Å². The maximum atomic E-state index is 12.4. The van der Waals surface area contributed by atoms with Gasteiger partial charge in [-0.3, -0.25) is 0 Å². The Hall–Kier alpha value is -1.15. The Labute approximate surface area is 126 Å². The maximum absolute atomic E-state index is 12.4. The van der Waals surface area contributed by atoms with Crippen LogP contribution in [0.2, 0.25) is 0 Å². The van der Waals surface area contributed by atoms with Crippen LogP contribution in [0.5, 0.6) is 5.75 Å². The number of nitrogens with two attached hydrogens (primary N) is 1. The molecule has 0 aliphatic carbocycles. The van der Waals surface area contributed by atoms with Crippen LogP contribution in [0.1, 0.15) is 26.3 Å². The zero-order chi connectivity index (χ0) is 16.1. The predicted molar refractivity (Wildman–Crippen MR) is 81.8 cm³/mol. The SMILES string of the molecule is CCOC(C)(C)CNS(=O)(=O)c1ccc(CN)cc1OC. The number of hydrogen-bond donors (Lipinski definition) is 2. The molecular weight excluding hydrogens is 292 g/mol. The van der Waals surface area contributed by atoms with Crippen LogP contribution in [-0.4, -0.2) is 34.3 Å². The quantitative estimate of drug-likeness (QED) is 0.753. The normalized spacial score (nSPS) is 12.4. The second kappa shape index (κ2) is 7.22. The van der Waals surface area contributed by atoms with Gasteiger partial charge in [0.25, 0.3) is 0 Å². The second-order valence-electron chi connectivity index (χ2n) is 5.21. The van der Waals surface area contributed by atoms with E-state index in [1.54, 1.807) is 12.1 Å². The van der Waals surface area contributed by atoms with Crippen molar-refractivity contribution in [2.75, 3.05) is 20.3 Å². The first-order chi connectivity index (χ1) is 9.75. The van der Waals surface area contributed by atoms with E-state index in [4.69, 9.17) is 15.2 Å². The van der Waals surface area contributed by atoms with Crippen LogP contribution in [0.3, 0.4) is 0 Å². The topological polar surface area (TPSA) is 90.7 Å². The van der Waals surface area contributed by atoms with Crippen molar-refractivity contribution in [2.24, 2.45) is 5.73 Å². The highest BCUT2D eigenvalue weighted by atomic mass is 32.2. The minimum atomic E-state index is -3.68. The van der Waals surface area contributed by atoms with Crippen LogP contribution in [-0.2, 0) is 21.3 Å². The Morgan fingerprint density at radius 1 is 1.33 bits per heavy atom. The first-order valence-corrected chi connectivity index (χ1v) is 8.24. The van der Waals surface area contributed by atoms with Gasteiger partial charge in [-0.15, -0.1) is 0 Å². The molecule has 0 spiro atoms. The number of sulfonamides is 1. The van der Waals surface area contributed by atoms with Crippen molar-refractivity contribution in [1.82, 2.24) is 4.72 Å². The van der Waals surface area contributed by atoms with Crippen molar-refractivity contribution in [2.45, 2.75) is 37.8 Å². The Balaban J connectivity index is 2.98. The molecule has 0 bridgehead atoms. The maximum Gasteiger partial charge on any atom is 0.244 e. The van der Waals surface area contributed by atoms with Crippen molar-refractivity contribution < 1.29 is 17.9 Å². The van der Waals surface area contributed by atoms with Gasteiger partial charge in [-0.1, -0.05) is 6.07 Å². The van der Waals surface area contributed by atoms with Crippen LogP contribution < -0.4 is 15.2 Å². The zero-order valence-electron chi connectivity index (χ0n) is 13.0. The van der Waals surface area contributed by atoms with Crippen LogP contribution in [0.4, 0.5) is 0 Å². The molecule has 0 unspecified atom stereocenters. The van der Waals surface area contributed by atoms with E-state index in [1.165, 1.54) is 13.2 Å². The molecule has 21 heavy (non-hydrogen) atoms. The third kappa shape index (κ3) is 4.96. The minimum absolute atomic E-state index is 0.0921. The fraction of sp³-hybridized carbons (Fsp3) is 0.571. The Bertz CT molecular complexity index is 570. The number of ether oxygens (including phenoxy) is 2. The average molecular weight is 316 g/mol. The summed E-state index contributed by atoms with van der Waals surface area (Å²) in [4.78, 5) is 0.0921. The summed E-state index contributed by atoms with van der Waals surface area (Å²) in [6.45, 7) is 6.53. The smallest absolute Gasteiger partial charge is 0.244 e. The summed E-state index contributed by atoms with van der Waals surface area (Å²) in [6.07, 6.45) is 0. The summed E-state index contributed by atoms with van der Waals surface area (Å²) in [6, 6.07) is 4.80. The van der Waals surface area contributed by atoms with E-state index in [9.17, 15) is 8.42 Å². The van der Waals surface area contributed by atoms with Gasteiger partial charge in [0, 0.05) is 19.7 Å². The standard InChI is InChI=1S/C14H24N2O4S/c1-5-20-14(2,3)10-16-21(17,18)13-7-6-11(9-15)8-12(13)19-4/h6-8,16H,5,9-10,15H2,1-4H3. The molecular formula is C14H24N2O4S. The predicted octanol–water partition coefficient (Wildman–Crippen LogP) is 1.25. The van der Waals surface area contributed by atoms with Crippen LogP contribution in [0, 0.1) is 0 Å². The van der Waals surface area contributed by atoms with Gasteiger partial charge >= 0.3 is 0 Å². The molecule has 0 radical (unpaired) electrons. The Morgan fingerprint density at radius 2 is 2.00 bits per heavy atom. The molecule has 0 fully saturated rings. The van der Waals surface area contributed by atoms with Gasteiger partial charge in [-0.05, 0) is 38.5 Å². The molecule has 0 aliphatic heterocycles. The molecule has 3 N–H and O–H groups in total. The van der Waals surface area contributed by atoms with E-state index in [2.05, 4.69) is 4.72 Å². The van der Waals surface area contributed by atoms with Gasteiger partial charge in [-0.25, -0.2) is 13.1 Å². The second-order valence-corrected chi connectivity index (χ2v) is 6.94. The largest absolute Gasteiger partial charge is 0.495 e. The molecule has 0 aliphatic rings. The lowest BCUT2D eigenvalue weighted by Gasteiger charge is -2.25. The summed E-state index contributed by atoms with van der Waals surface area (Å²) in [7, 11) is -2.25. The van der Waals surface area contributed by atoms with Gasteiger partial charge in [0.1, 0.15) is 10.6 Å². The van der Waals surface area contributed by atoms with Crippen molar-refractivity contribution in [3.63, 3.8) is 0 Å². The van der Waals surface area contributed by atoms with E-state index >= 15 is 0 Å². The Kier molecular flexibility index (Phi) is 6.15. The summed E-state index contributed by atoms with van der Waals surface area (Å²) in [5.41, 5.74) is 5.77. The van der Waals surface area contributed by atoms with Crippen LogP contribution in [0.25, 0.3) is 0 Å². The molecule has 6 nitrogen and oxygen atoms in total. The molecule has 7 heteroatoms. The van der Waals surface area contributed by atoms with Crippen LogP contribution in [0.15, 0.2) is 23.1 Å². The molecule has 1 rings (SSSR count). The fourth-order valence-electron chi connectivity index (χ4n) is 1.85. The highest BCUT2D eigenvalue weighted by Crippen LogP contribution is 2.25. The Morgan fingerprint density at radius 3 is 2.52 bits per heavy atom. The first-order valence-electron chi connectivity index (χ1n) is 6.76. The first kappa shape index (κ1) is 17.9. The molecule has 0 saturated heterocycles. The molecule has 0 aromatic heterocycles. The van der Waals surface area contributed by atoms with Gasteiger partial charge in [0.2, 0.25) is 10.0 Å². The fourth-order valence-corrected chi connectivity index (χ4v) is 3.20. The number of benzene rings is 1. The van der Waals surface area contributed by atoms with E-state index in [0.717, 1.165) is 5.56 Å². The van der Waals surface area contributed by atoms with E-state index in [1.807, 2.05) is 20.8 Å². The average Bonchev–Trinajstić information content (AvgIpc) is 2.44. The highest BCUT2D eigenvalue weighted by Gasteiger charge is 2.24. The molecule has 1 aromatic carbocycles. The van der Waals surface area contributed by atoms with Gasteiger partial charge in [-0.2, -0.15) is 0 Å². The third-order valence-corrected chi connectivity index (χ3v) is 4.42. The number of rotatable bonds is 8. The molecule has 0 amide bonds. The minimum Gasteiger partial charge on any atom is -0.495 e. The van der Waals surface area contributed by atoms with E-state index in [0.29, 0.717) is 13.2 Å². The summed E-state index contributed by atoms with van der Waals surface area (Å²) >= 11 is 0. The lowest BCUT2D eigenvalue weighted by atomic mass is 10.1. The third-order valence-electron chi connectivity index (χ3n) is 2.98.